The number of amides is 2. The highest BCUT2D eigenvalue weighted by atomic mass is 16.6. The molecule has 1 fully saturated rings. The number of rotatable bonds is 25. The lowest BCUT2D eigenvalue weighted by Gasteiger charge is -2.29. The number of nitrogens with zero attached hydrogens (tertiary/aromatic N) is 1. The van der Waals surface area contributed by atoms with Crippen molar-refractivity contribution >= 4 is 40.8 Å². The van der Waals surface area contributed by atoms with Crippen LogP contribution in [0.3, 0.4) is 0 Å². The minimum absolute atomic E-state index is 0.0231. The number of benzene rings is 4. The van der Waals surface area contributed by atoms with Crippen LogP contribution in [0.25, 0.3) is 0 Å². The number of ether oxygens (including phenoxy) is 4. The molecule has 1 saturated heterocycles. The Hall–Kier alpha value is -5.60. The maximum absolute atomic E-state index is 13.9. The van der Waals surface area contributed by atoms with Crippen molar-refractivity contribution in [2.75, 3.05) is 81.5 Å². The molecule has 2 amide bonds. The number of aliphatic carboxylic acids is 1. The second-order valence-corrected chi connectivity index (χ2v) is 14.3. The molecule has 4 aromatic carbocycles. The number of hydrogen-bond donors (Lipinski definition) is 4. The zero-order chi connectivity index (χ0) is 41.7. The summed E-state index contributed by atoms with van der Waals surface area (Å²) in [5.74, 6) is -2.47. The van der Waals surface area contributed by atoms with E-state index in [0.717, 1.165) is 74.0 Å². The monoisotopic (exact) mass is 809 g/mol. The first-order valence-corrected chi connectivity index (χ1v) is 20.3. The lowest BCUT2D eigenvalue weighted by atomic mass is 10.0. The van der Waals surface area contributed by atoms with Gasteiger partial charge in [-0.2, -0.15) is 0 Å². The number of carboxylic acid groups (broad SMARTS) is 2. The summed E-state index contributed by atoms with van der Waals surface area (Å²) in [5.41, 5.74) is 6.26. The Labute approximate surface area is 345 Å². The molecule has 1 aliphatic rings. The third-order valence-corrected chi connectivity index (χ3v) is 9.85. The van der Waals surface area contributed by atoms with E-state index in [2.05, 4.69) is 15.5 Å². The number of hydrogen-bond acceptors (Lipinski definition) is 9. The second-order valence-electron chi connectivity index (χ2n) is 14.3. The third-order valence-electron chi connectivity index (χ3n) is 9.85. The van der Waals surface area contributed by atoms with Crippen LogP contribution in [0.5, 0.6) is 0 Å². The van der Waals surface area contributed by atoms with Gasteiger partial charge in [-0.05, 0) is 116 Å². The summed E-state index contributed by atoms with van der Waals surface area (Å²) in [6, 6.07) is 27.6. The van der Waals surface area contributed by atoms with Crippen LogP contribution in [0, 0.1) is 0 Å². The smallest absolute Gasteiger partial charge is 0.335 e. The van der Waals surface area contributed by atoms with Gasteiger partial charge in [-0.1, -0.05) is 36.4 Å². The molecule has 314 valence electrons. The van der Waals surface area contributed by atoms with Gasteiger partial charge in [-0.3, -0.25) is 14.4 Å². The van der Waals surface area contributed by atoms with Crippen LogP contribution in [0.1, 0.15) is 79.9 Å². The first kappa shape index (κ1) is 44.5. The van der Waals surface area contributed by atoms with Crippen molar-refractivity contribution in [3.8, 4) is 0 Å². The molecule has 59 heavy (non-hydrogen) atoms. The van der Waals surface area contributed by atoms with Crippen molar-refractivity contribution < 1.29 is 48.3 Å². The van der Waals surface area contributed by atoms with Gasteiger partial charge in [0, 0.05) is 36.6 Å². The molecule has 0 unspecified atom stereocenters. The molecule has 0 radical (unpaired) electrons. The van der Waals surface area contributed by atoms with Crippen molar-refractivity contribution in [3.05, 3.63) is 124 Å². The van der Waals surface area contributed by atoms with E-state index in [1.165, 1.54) is 6.42 Å². The van der Waals surface area contributed by atoms with E-state index < -0.39 is 11.9 Å². The fraction of sp³-hybridized carbons (Fsp3) is 0.391. The minimum Gasteiger partial charge on any atom is -0.481 e. The van der Waals surface area contributed by atoms with Crippen LogP contribution < -0.4 is 15.5 Å². The molecule has 0 saturated carbocycles. The predicted molar refractivity (Wildman–Crippen MR) is 226 cm³/mol. The minimum atomic E-state index is -0.945. The molecule has 0 atom stereocenters. The number of carboxylic acids is 2. The second kappa shape index (κ2) is 24.4. The summed E-state index contributed by atoms with van der Waals surface area (Å²) in [4.78, 5) is 51.4. The molecule has 5 rings (SSSR count). The summed E-state index contributed by atoms with van der Waals surface area (Å²) < 4.78 is 21.8. The van der Waals surface area contributed by atoms with Gasteiger partial charge in [0.05, 0.1) is 69.5 Å². The Kier molecular flexibility index (Phi) is 18.4. The van der Waals surface area contributed by atoms with E-state index in [1.807, 2.05) is 72.8 Å². The van der Waals surface area contributed by atoms with Crippen molar-refractivity contribution in [1.29, 1.82) is 0 Å². The highest BCUT2D eigenvalue weighted by Gasteiger charge is 2.19. The maximum Gasteiger partial charge on any atom is 0.335 e. The van der Waals surface area contributed by atoms with Crippen molar-refractivity contribution in [3.63, 3.8) is 0 Å². The van der Waals surface area contributed by atoms with Gasteiger partial charge in [0.2, 0.25) is 0 Å². The van der Waals surface area contributed by atoms with Gasteiger partial charge in [0.25, 0.3) is 11.8 Å². The fourth-order valence-corrected chi connectivity index (χ4v) is 6.60. The summed E-state index contributed by atoms with van der Waals surface area (Å²) >= 11 is 0. The van der Waals surface area contributed by atoms with Crippen molar-refractivity contribution in [2.45, 2.75) is 51.4 Å². The predicted octanol–water partition coefficient (Wildman–Crippen LogP) is 7.14. The number of piperidine rings is 1. The molecule has 1 heterocycles. The van der Waals surface area contributed by atoms with Gasteiger partial charge >= 0.3 is 11.9 Å². The van der Waals surface area contributed by atoms with Gasteiger partial charge < -0.3 is 44.7 Å². The quantitative estimate of drug-likeness (QED) is 0.0502. The molecule has 0 spiro atoms. The van der Waals surface area contributed by atoms with E-state index in [9.17, 15) is 19.2 Å². The zero-order valence-corrected chi connectivity index (χ0v) is 33.5. The van der Waals surface area contributed by atoms with Gasteiger partial charge in [-0.25, -0.2) is 4.79 Å². The first-order chi connectivity index (χ1) is 28.7. The van der Waals surface area contributed by atoms with E-state index in [-0.39, 0.29) is 30.4 Å². The van der Waals surface area contributed by atoms with Crippen LogP contribution in [0.4, 0.5) is 17.1 Å². The maximum atomic E-state index is 13.9. The van der Waals surface area contributed by atoms with Crippen LogP contribution in [0.2, 0.25) is 0 Å². The van der Waals surface area contributed by atoms with Crippen molar-refractivity contribution in [1.82, 2.24) is 0 Å². The molecule has 1 aliphatic heterocycles. The first-order valence-electron chi connectivity index (χ1n) is 20.3. The molecule has 13 heteroatoms. The molecule has 4 N–H and O–H groups in total. The number of nitrogens with one attached hydrogen (secondary N) is 2. The highest BCUT2D eigenvalue weighted by molar-refractivity contribution is 6.13. The molecule has 0 aliphatic carbocycles. The fourth-order valence-electron chi connectivity index (χ4n) is 6.60. The normalized spacial score (nSPS) is 12.6. The molecular formula is C46H55N3O10. The van der Waals surface area contributed by atoms with Crippen LogP contribution in [0.15, 0.2) is 91.0 Å². The number of aromatic carboxylic acids is 1. The van der Waals surface area contributed by atoms with Crippen LogP contribution in [-0.2, 0) is 43.0 Å². The van der Waals surface area contributed by atoms with E-state index in [1.54, 1.807) is 18.2 Å². The molecule has 0 aromatic heterocycles. The van der Waals surface area contributed by atoms with Crippen molar-refractivity contribution in [2.24, 2.45) is 0 Å². The average molecular weight is 810 g/mol. The van der Waals surface area contributed by atoms with Gasteiger partial charge in [-0.15, -0.1) is 0 Å². The zero-order valence-electron chi connectivity index (χ0n) is 33.5. The van der Waals surface area contributed by atoms with Crippen LogP contribution >= 0.6 is 0 Å². The Morgan fingerprint density at radius 1 is 0.559 bits per heavy atom. The average Bonchev–Trinajstić information content (AvgIpc) is 3.25. The summed E-state index contributed by atoms with van der Waals surface area (Å²) in [6.07, 6.45) is 6.34. The van der Waals surface area contributed by atoms with Gasteiger partial charge in [0.15, 0.2) is 0 Å². The summed E-state index contributed by atoms with van der Waals surface area (Å²) in [6.45, 7) is 4.99. The Morgan fingerprint density at radius 2 is 1.17 bits per heavy atom. The topological polar surface area (TPSA) is 173 Å². The van der Waals surface area contributed by atoms with E-state index in [0.29, 0.717) is 68.7 Å². The standard InChI is InChI=1S/C46H55N3O10/c50-43(51)21-25-57-27-29-59-31-30-58-28-26-56-24-5-7-36-6-4-8-38(32-36)44(52)48-42-20-19-40(49-22-2-1-3-23-49)33-41(42)45(53)47-39-17-13-35(14-18-39)10-9-34-11-15-37(16-12-34)46(54)55/h4,6,8,11-20,32-33H,1-3,5,7,9-10,21-31H2,(H,47,53)(H,48,52)(H,50,51)(H,54,55). The lowest BCUT2D eigenvalue weighted by Crippen LogP contribution is -2.29. The summed E-state index contributed by atoms with van der Waals surface area (Å²) in [5, 5.41) is 23.8. The third kappa shape index (κ3) is 15.6. The molecule has 4 aromatic rings. The van der Waals surface area contributed by atoms with Crippen LogP contribution in [-0.4, -0.2) is 99.9 Å². The lowest BCUT2D eigenvalue weighted by molar-refractivity contribution is -0.138. The number of carbonyl (C=O) groups excluding carboxylic acids is 2. The molecule has 0 bridgehead atoms. The summed E-state index contributed by atoms with van der Waals surface area (Å²) in [7, 11) is 0. The SMILES string of the molecule is O=C(O)CCOCCOCCOCCOCCCc1cccc(C(=O)Nc2ccc(N3CCCCC3)cc2C(=O)Nc2ccc(CCc3ccc(C(=O)O)cc3)cc2)c1. The van der Waals surface area contributed by atoms with E-state index in [4.69, 9.17) is 29.2 Å². The number of carbonyl (C=O) groups is 4. The highest BCUT2D eigenvalue weighted by Crippen LogP contribution is 2.28. The largest absolute Gasteiger partial charge is 0.481 e. The number of aryl methyl sites for hydroxylation is 3. The van der Waals surface area contributed by atoms with E-state index >= 15 is 0 Å². The molecule has 13 nitrogen and oxygen atoms in total. The Balaban J connectivity index is 1.09. The number of anilines is 3. The Bertz CT molecular complexity index is 1950. The molecular weight excluding hydrogens is 755 g/mol. The van der Waals surface area contributed by atoms with Gasteiger partial charge in [0.1, 0.15) is 0 Å². The Morgan fingerprint density at radius 3 is 1.80 bits per heavy atom.